The average Bonchev–Trinajstić information content (AvgIpc) is 2.72. The first-order valence-corrected chi connectivity index (χ1v) is 10.7. The molecule has 1 aliphatic carbocycles. The van der Waals surface area contributed by atoms with Crippen molar-refractivity contribution in [2.24, 2.45) is 0 Å². The average molecular weight is 380 g/mol. The number of carbonyl (C=O) groups is 1. The molecule has 0 heterocycles. The van der Waals surface area contributed by atoms with Crippen molar-refractivity contribution in [3.63, 3.8) is 0 Å². The van der Waals surface area contributed by atoms with E-state index in [1.807, 2.05) is 32.9 Å². The van der Waals surface area contributed by atoms with E-state index in [4.69, 9.17) is 4.74 Å². The standard InChI is InChI=1S/C25H33NO2/c1-5-22(21-14-13-19-9-7-8-10-20(19)16-21)26-25(27)23(6-2)28-24-15-17(3)11-12-18(24)4/h11-16,22-23H,5-10H2,1-4H3,(H,26,27)/t22-,23+/m1/s1. The first-order valence-electron chi connectivity index (χ1n) is 10.7. The molecule has 3 heteroatoms. The van der Waals surface area contributed by atoms with Crippen molar-refractivity contribution < 1.29 is 9.53 Å². The molecule has 0 spiro atoms. The van der Waals surface area contributed by atoms with Gasteiger partial charge in [0.05, 0.1) is 6.04 Å². The van der Waals surface area contributed by atoms with E-state index < -0.39 is 6.10 Å². The fourth-order valence-corrected chi connectivity index (χ4v) is 3.97. The first kappa shape index (κ1) is 20.4. The highest BCUT2D eigenvalue weighted by atomic mass is 16.5. The molecule has 0 aliphatic heterocycles. The third-order valence-corrected chi connectivity index (χ3v) is 5.78. The zero-order valence-corrected chi connectivity index (χ0v) is 17.7. The Morgan fingerprint density at radius 2 is 1.75 bits per heavy atom. The molecule has 1 amide bonds. The van der Waals surface area contributed by atoms with Crippen LogP contribution in [0.25, 0.3) is 0 Å². The van der Waals surface area contributed by atoms with E-state index in [0.717, 1.165) is 29.7 Å². The summed E-state index contributed by atoms with van der Waals surface area (Å²) < 4.78 is 6.10. The lowest BCUT2D eigenvalue weighted by atomic mass is 9.88. The summed E-state index contributed by atoms with van der Waals surface area (Å²) in [5, 5.41) is 3.23. The van der Waals surface area contributed by atoms with Gasteiger partial charge < -0.3 is 10.1 Å². The maximum absolute atomic E-state index is 13.0. The molecule has 0 saturated heterocycles. The van der Waals surface area contributed by atoms with Gasteiger partial charge >= 0.3 is 0 Å². The quantitative estimate of drug-likeness (QED) is 0.679. The number of ether oxygens (including phenoxy) is 1. The highest BCUT2D eigenvalue weighted by Crippen LogP contribution is 2.27. The third kappa shape index (κ3) is 4.76. The van der Waals surface area contributed by atoms with Crippen LogP contribution in [0.15, 0.2) is 36.4 Å². The summed E-state index contributed by atoms with van der Waals surface area (Å²) in [7, 11) is 0. The second-order valence-corrected chi connectivity index (χ2v) is 7.99. The topological polar surface area (TPSA) is 38.3 Å². The Kier molecular flexibility index (Phi) is 6.77. The molecule has 0 bridgehead atoms. The van der Waals surface area contributed by atoms with Gasteiger partial charge in [-0.05, 0) is 86.3 Å². The number of nitrogens with one attached hydrogen (secondary N) is 1. The molecule has 2 atom stereocenters. The normalized spacial score (nSPS) is 15.4. The SMILES string of the molecule is CC[C@H](Oc1cc(C)ccc1C)C(=O)N[C@H](CC)c1ccc2c(c1)CCCC2. The van der Waals surface area contributed by atoms with Gasteiger partial charge in [0.1, 0.15) is 5.75 Å². The Balaban J connectivity index is 1.72. The smallest absolute Gasteiger partial charge is 0.261 e. The molecule has 0 aromatic heterocycles. The number of carbonyl (C=O) groups excluding carboxylic acids is 1. The Bertz CT molecular complexity index is 827. The summed E-state index contributed by atoms with van der Waals surface area (Å²) in [5.41, 5.74) is 6.32. The fourth-order valence-electron chi connectivity index (χ4n) is 3.97. The number of amides is 1. The van der Waals surface area contributed by atoms with Gasteiger partial charge in [0, 0.05) is 0 Å². The predicted molar refractivity (Wildman–Crippen MR) is 115 cm³/mol. The predicted octanol–water partition coefficient (Wildman–Crippen LogP) is 5.61. The number of benzene rings is 2. The van der Waals surface area contributed by atoms with Gasteiger partial charge in [0.15, 0.2) is 6.10 Å². The molecule has 1 aliphatic rings. The van der Waals surface area contributed by atoms with Gasteiger partial charge in [-0.1, -0.05) is 44.2 Å². The third-order valence-electron chi connectivity index (χ3n) is 5.78. The number of hydrogen-bond acceptors (Lipinski definition) is 2. The highest BCUT2D eigenvalue weighted by molar-refractivity contribution is 5.81. The van der Waals surface area contributed by atoms with E-state index in [2.05, 4.69) is 36.5 Å². The van der Waals surface area contributed by atoms with Crippen molar-refractivity contribution in [3.8, 4) is 5.75 Å². The molecule has 2 aromatic rings. The van der Waals surface area contributed by atoms with Crippen LogP contribution >= 0.6 is 0 Å². The number of hydrogen-bond donors (Lipinski definition) is 1. The summed E-state index contributed by atoms with van der Waals surface area (Å²) in [6, 6.07) is 12.9. The second-order valence-electron chi connectivity index (χ2n) is 7.99. The van der Waals surface area contributed by atoms with Crippen molar-refractivity contribution in [2.75, 3.05) is 0 Å². The summed E-state index contributed by atoms with van der Waals surface area (Å²) >= 11 is 0. The van der Waals surface area contributed by atoms with E-state index >= 15 is 0 Å². The summed E-state index contributed by atoms with van der Waals surface area (Å²) in [6.45, 7) is 8.17. The fraction of sp³-hybridized carbons (Fsp3) is 0.480. The number of fused-ring (bicyclic) bond motifs is 1. The molecule has 28 heavy (non-hydrogen) atoms. The maximum atomic E-state index is 13.0. The van der Waals surface area contributed by atoms with Crippen LogP contribution in [0.4, 0.5) is 0 Å². The Morgan fingerprint density at radius 3 is 2.46 bits per heavy atom. The second kappa shape index (κ2) is 9.27. The maximum Gasteiger partial charge on any atom is 0.261 e. The van der Waals surface area contributed by atoms with Gasteiger partial charge in [0.25, 0.3) is 5.91 Å². The van der Waals surface area contributed by atoms with E-state index in [0.29, 0.717) is 6.42 Å². The van der Waals surface area contributed by atoms with Gasteiger partial charge in [-0.3, -0.25) is 4.79 Å². The van der Waals surface area contributed by atoms with Gasteiger partial charge in [0.2, 0.25) is 0 Å². The van der Waals surface area contributed by atoms with Crippen LogP contribution in [-0.2, 0) is 17.6 Å². The Labute approximate surface area is 169 Å². The van der Waals surface area contributed by atoms with Crippen molar-refractivity contribution >= 4 is 5.91 Å². The lowest BCUT2D eigenvalue weighted by Gasteiger charge is -2.24. The Morgan fingerprint density at radius 1 is 1.00 bits per heavy atom. The molecule has 0 radical (unpaired) electrons. The molecule has 2 aromatic carbocycles. The van der Waals surface area contributed by atoms with Gasteiger partial charge in [-0.15, -0.1) is 0 Å². The summed E-state index contributed by atoms with van der Waals surface area (Å²) in [4.78, 5) is 13.0. The Hall–Kier alpha value is -2.29. The molecule has 150 valence electrons. The van der Waals surface area contributed by atoms with Crippen molar-refractivity contribution in [3.05, 3.63) is 64.2 Å². The molecular weight excluding hydrogens is 346 g/mol. The molecule has 3 nitrogen and oxygen atoms in total. The zero-order valence-electron chi connectivity index (χ0n) is 17.7. The molecular formula is C25H33NO2. The van der Waals surface area contributed by atoms with E-state index in [-0.39, 0.29) is 11.9 Å². The first-order chi connectivity index (χ1) is 13.5. The van der Waals surface area contributed by atoms with Crippen LogP contribution in [0.1, 0.15) is 73.4 Å². The number of aryl methyl sites for hydroxylation is 4. The lowest BCUT2D eigenvalue weighted by Crippen LogP contribution is -2.40. The van der Waals surface area contributed by atoms with Crippen molar-refractivity contribution in [1.29, 1.82) is 0 Å². The van der Waals surface area contributed by atoms with Gasteiger partial charge in [-0.2, -0.15) is 0 Å². The minimum atomic E-state index is -0.479. The van der Waals surface area contributed by atoms with E-state index in [1.165, 1.54) is 36.0 Å². The van der Waals surface area contributed by atoms with Crippen molar-refractivity contribution in [1.82, 2.24) is 5.32 Å². The largest absolute Gasteiger partial charge is 0.480 e. The highest BCUT2D eigenvalue weighted by Gasteiger charge is 2.23. The number of rotatable bonds is 7. The zero-order chi connectivity index (χ0) is 20.1. The molecule has 0 saturated carbocycles. The van der Waals surface area contributed by atoms with E-state index in [1.54, 1.807) is 0 Å². The minimum absolute atomic E-state index is 0.0241. The van der Waals surface area contributed by atoms with Crippen LogP contribution in [0.3, 0.4) is 0 Å². The van der Waals surface area contributed by atoms with Gasteiger partial charge in [-0.25, -0.2) is 0 Å². The van der Waals surface area contributed by atoms with Crippen molar-refractivity contribution in [2.45, 2.75) is 78.4 Å². The van der Waals surface area contributed by atoms with Crippen LogP contribution < -0.4 is 10.1 Å². The van der Waals surface area contributed by atoms with Crippen LogP contribution in [0, 0.1) is 13.8 Å². The minimum Gasteiger partial charge on any atom is -0.480 e. The molecule has 0 fully saturated rings. The van der Waals surface area contributed by atoms with E-state index in [9.17, 15) is 4.79 Å². The summed E-state index contributed by atoms with van der Waals surface area (Å²) in [6.07, 6.45) is 5.91. The molecule has 0 unspecified atom stereocenters. The molecule has 3 rings (SSSR count). The van der Waals surface area contributed by atoms with Crippen LogP contribution in [0.2, 0.25) is 0 Å². The summed E-state index contributed by atoms with van der Waals surface area (Å²) in [5.74, 6) is 0.761. The lowest BCUT2D eigenvalue weighted by molar-refractivity contribution is -0.129. The monoisotopic (exact) mass is 379 g/mol. The molecule has 1 N–H and O–H groups in total. The van der Waals surface area contributed by atoms with Crippen LogP contribution in [0.5, 0.6) is 5.75 Å². The van der Waals surface area contributed by atoms with Crippen LogP contribution in [-0.4, -0.2) is 12.0 Å².